The molecule has 0 saturated carbocycles. The fraction of sp³-hybridized carbons (Fsp3) is 0.190. The molecule has 0 aliphatic carbocycles. The molecule has 4 rings (SSSR count). The van der Waals surface area contributed by atoms with Crippen LogP contribution in [0.1, 0.15) is 12.5 Å². The number of anilines is 1. The van der Waals surface area contributed by atoms with Gasteiger partial charge in [0.2, 0.25) is 0 Å². The van der Waals surface area contributed by atoms with Gasteiger partial charge in [0.1, 0.15) is 17.6 Å². The van der Waals surface area contributed by atoms with Crippen LogP contribution >= 0.6 is 0 Å². The molecule has 3 aromatic rings. The molecule has 1 aromatic heterocycles. The first kappa shape index (κ1) is 20.6. The summed E-state index contributed by atoms with van der Waals surface area (Å²) >= 11 is 0. The van der Waals surface area contributed by atoms with Gasteiger partial charge in [-0.05, 0) is 55.0 Å². The number of imide groups is 1. The summed E-state index contributed by atoms with van der Waals surface area (Å²) in [7, 11) is 0. The third kappa shape index (κ3) is 4.00. The number of urea groups is 1. The van der Waals surface area contributed by atoms with Crippen molar-refractivity contribution in [2.75, 3.05) is 4.90 Å². The Balaban J connectivity index is 1.60. The molecule has 0 bridgehead atoms. The number of carbonyl (C=O) groups excluding carboxylic acids is 2. The summed E-state index contributed by atoms with van der Waals surface area (Å²) in [6.45, 7) is 1.63. The number of aromatic nitrogens is 1. The summed E-state index contributed by atoms with van der Waals surface area (Å²) in [5, 5.41) is 0.642. The lowest BCUT2D eigenvalue weighted by Crippen LogP contribution is -2.33. The molecule has 3 amide bonds. The predicted octanol–water partition coefficient (Wildman–Crippen LogP) is 4.63. The second kappa shape index (κ2) is 7.53. The minimum atomic E-state index is -4.84. The molecule has 2 aromatic carbocycles. The van der Waals surface area contributed by atoms with Crippen LogP contribution in [0.4, 0.5) is 28.0 Å². The van der Waals surface area contributed by atoms with Gasteiger partial charge in [-0.25, -0.2) is 14.1 Å². The Morgan fingerprint density at radius 3 is 2.45 bits per heavy atom. The van der Waals surface area contributed by atoms with Crippen LogP contribution in [-0.2, 0) is 11.3 Å². The zero-order chi connectivity index (χ0) is 22.3. The van der Waals surface area contributed by atoms with Crippen molar-refractivity contribution >= 4 is 28.5 Å². The zero-order valence-corrected chi connectivity index (χ0v) is 16.1. The fourth-order valence-electron chi connectivity index (χ4n) is 3.45. The third-order valence-electron chi connectivity index (χ3n) is 4.95. The average Bonchev–Trinajstić information content (AvgIpc) is 2.91. The minimum absolute atomic E-state index is 0.0716. The molecule has 1 aliphatic rings. The third-order valence-corrected chi connectivity index (χ3v) is 4.95. The predicted molar refractivity (Wildman–Crippen MR) is 103 cm³/mol. The van der Waals surface area contributed by atoms with E-state index in [1.807, 2.05) is 0 Å². The Morgan fingerprint density at radius 2 is 1.77 bits per heavy atom. The van der Waals surface area contributed by atoms with Crippen molar-refractivity contribution in [3.05, 3.63) is 66.1 Å². The average molecular weight is 433 g/mol. The van der Waals surface area contributed by atoms with Crippen LogP contribution in [0.3, 0.4) is 0 Å². The van der Waals surface area contributed by atoms with Crippen LogP contribution in [0, 0.1) is 5.82 Å². The Kier molecular flexibility index (Phi) is 5.00. The summed E-state index contributed by atoms with van der Waals surface area (Å²) in [6, 6.07) is 8.84. The maximum Gasteiger partial charge on any atom is 0.573 e. The Labute approximate surface area is 173 Å². The van der Waals surface area contributed by atoms with Gasteiger partial charge in [-0.15, -0.1) is 13.2 Å². The van der Waals surface area contributed by atoms with Gasteiger partial charge < -0.3 is 9.64 Å². The molecule has 10 heteroatoms. The fourth-order valence-corrected chi connectivity index (χ4v) is 3.45. The monoisotopic (exact) mass is 433 g/mol. The standard InChI is InChI=1S/C21H15F4N3O3/c1-12-19(29)28(15-3-5-16(6-4-15)31-21(23,24)25)20(30)27(12)11-13-8-9-26-18-10-14(22)2-7-17(13)18/h2-10,12H,11H2,1H3. The van der Waals surface area contributed by atoms with Crippen LogP contribution in [0.2, 0.25) is 0 Å². The number of alkyl halides is 3. The maximum absolute atomic E-state index is 13.5. The van der Waals surface area contributed by atoms with Crippen molar-refractivity contribution < 1.29 is 31.9 Å². The van der Waals surface area contributed by atoms with E-state index < -0.39 is 35.9 Å². The normalized spacial score (nSPS) is 17.0. The van der Waals surface area contributed by atoms with Gasteiger partial charge in [0.05, 0.1) is 11.2 Å². The van der Waals surface area contributed by atoms with Crippen LogP contribution < -0.4 is 9.64 Å². The molecule has 2 heterocycles. The Morgan fingerprint density at radius 1 is 1.06 bits per heavy atom. The molecule has 1 saturated heterocycles. The topological polar surface area (TPSA) is 62.7 Å². The van der Waals surface area contributed by atoms with Crippen LogP contribution in [0.25, 0.3) is 10.9 Å². The first-order chi connectivity index (χ1) is 14.6. The van der Waals surface area contributed by atoms with E-state index in [0.29, 0.717) is 16.5 Å². The van der Waals surface area contributed by atoms with E-state index in [4.69, 9.17) is 0 Å². The Bertz CT molecular complexity index is 1160. The number of rotatable bonds is 4. The highest BCUT2D eigenvalue weighted by Gasteiger charge is 2.43. The van der Waals surface area contributed by atoms with Gasteiger partial charge in [-0.2, -0.15) is 0 Å². The van der Waals surface area contributed by atoms with Crippen molar-refractivity contribution in [1.29, 1.82) is 0 Å². The first-order valence-corrected chi connectivity index (χ1v) is 9.17. The Hall–Kier alpha value is -3.69. The number of halogens is 4. The number of hydrogen-bond acceptors (Lipinski definition) is 4. The summed E-state index contributed by atoms with van der Waals surface area (Å²) in [5.41, 5.74) is 1.22. The molecule has 1 unspecified atom stereocenters. The largest absolute Gasteiger partial charge is 0.573 e. The molecule has 0 N–H and O–H groups in total. The summed E-state index contributed by atoms with van der Waals surface area (Å²) in [6.07, 6.45) is -3.36. The van der Waals surface area contributed by atoms with E-state index >= 15 is 0 Å². The second-order valence-corrected chi connectivity index (χ2v) is 6.93. The van der Waals surface area contributed by atoms with E-state index in [1.54, 1.807) is 19.1 Å². The second-order valence-electron chi connectivity index (χ2n) is 6.93. The minimum Gasteiger partial charge on any atom is -0.406 e. The number of benzene rings is 2. The SMILES string of the molecule is CC1C(=O)N(c2ccc(OC(F)(F)F)cc2)C(=O)N1Cc1ccnc2cc(F)ccc12. The highest BCUT2D eigenvalue weighted by Crippen LogP contribution is 2.30. The summed E-state index contributed by atoms with van der Waals surface area (Å²) < 4.78 is 54.3. The highest BCUT2D eigenvalue weighted by molar-refractivity contribution is 6.21. The molecule has 0 radical (unpaired) electrons. The van der Waals surface area contributed by atoms with Gasteiger partial charge in [-0.1, -0.05) is 0 Å². The van der Waals surface area contributed by atoms with Gasteiger partial charge >= 0.3 is 12.4 Å². The van der Waals surface area contributed by atoms with Gasteiger partial charge in [-0.3, -0.25) is 9.78 Å². The van der Waals surface area contributed by atoms with E-state index in [9.17, 15) is 27.2 Å². The van der Waals surface area contributed by atoms with Crippen molar-refractivity contribution in [1.82, 2.24) is 9.88 Å². The molecule has 0 spiro atoms. The number of fused-ring (bicyclic) bond motifs is 1. The molecular formula is C21H15F4N3O3. The van der Waals surface area contributed by atoms with Crippen LogP contribution in [0.5, 0.6) is 5.75 Å². The summed E-state index contributed by atoms with van der Waals surface area (Å²) in [5.74, 6) is -1.42. The molecule has 31 heavy (non-hydrogen) atoms. The number of hydrogen-bond donors (Lipinski definition) is 0. The zero-order valence-electron chi connectivity index (χ0n) is 16.1. The molecule has 1 aliphatic heterocycles. The maximum atomic E-state index is 13.5. The summed E-state index contributed by atoms with van der Waals surface area (Å²) in [4.78, 5) is 32.1. The first-order valence-electron chi connectivity index (χ1n) is 9.17. The van der Waals surface area contributed by atoms with Gasteiger partial charge in [0, 0.05) is 24.2 Å². The highest BCUT2D eigenvalue weighted by atomic mass is 19.4. The van der Waals surface area contributed by atoms with Crippen molar-refractivity contribution in [3.63, 3.8) is 0 Å². The lowest BCUT2D eigenvalue weighted by molar-refractivity contribution is -0.274. The number of ether oxygens (including phenoxy) is 1. The number of pyridine rings is 1. The van der Waals surface area contributed by atoms with Gasteiger partial charge in [0.15, 0.2) is 0 Å². The molecular weight excluding hydrogens is 418 g/mol. The lowest BCUT2D eigenvalue weighted by Gasteiger charge is -2.20. The van der Waals surface area contributed by atoms with E-state index in [0.717, 1.165) is 17.0 Å². The van der Waals surface area contributed by atoms with Crippen molar-refractivity contribution in [2.45, 2.75) is 25.9 Å². The van der Waals surface area contributed by atoms with Crippen LogP contribution in [-0.4, -0.2) is 34.2 Å². The number of amides is 3. The van der Waals surface area contributed by atoms with E-state index in [1.165, 1.54) is 35.4 Å². The van der Waals surface area contributed by atoms with Gasteiger partial charge in [0.25, 0.3) is 5.91 Å². The smallest absolute Gasteiger partial charge is 0.406 e. The van der Waals surface area contributed by atoms with E-state index in [2.05, 4.69) is 9.72 Å². The lowest BCUT2D eigenvalue weighted by atomic mass is 10.1. The number of carbonyl (C=O) groups is 2. The molecule has 1 fully saturated rings. The van der Waals surface area contributed by atoms with Crippen LogP contribution in [0.15, 0.2) is 54.7 Å². The quantitative estimate of drug-likeness (QED) is 0.445. The molecule has 160 valence electrons. The van der Waals surface area contributed by atoms with Crippen molar-refractivity contribution in [3.8, 4) is 5.75 Å². The number of nitrogens with zero attached hydrogens (tertiary/aromatic N) is 3. The van der Waals surface area contributed by atoms with Crippen molar-refractivity contribution in [2.24, 2.45) is 0 Å². The molecule has 1 atom stereocenters. The van der Waals surface area contributed by atoms with E-state index in [-0.39, 0.29) is 12.2 Å². The molecule has 6 nitrogen and oxygen atoms in total.